The zero-order chi connectivity index (χ0) is 40.9. The van der Waals surface area contributed by atoms with Crippen molar-refractivity contribution in [2.24, 2.45) is 0 Å². The summed E-state index contributed by atoms with van der Waals surface area (Å²) in [5.74, 6) is 5.41. The van der Waals surface area contributed by atoms with Gasteiger partial charge in [0.1, 0.15) is 11.2 Å². The Morgan fingerprint density at radius 3 is 1.23 bits per heavy atom. The normalized spacial score (nSPS) is 15.0. The van der Waals surface area contributed by atoms with Gasteiger partial charge in [-0.1, -0.05) is 169 Å². The van der Waals surface area contributed by atoms with Gasteiger partial charge in [-0.25, -0.2) is 0 Å². The molecule has 0 aliphatic heterocycles. The minimum atomic E-state index is -5.53. The summed E-state index contributed by atoms with van der Waals surface area (Å²) in [6.45, 7) is 28.1. The number of hydrogen-bond acceptors (Lipinski definition) is 5. The van der Waals surface area contributed by atoms with Crippen molar-refractivity contribution in [3.05, 3.63) is 71.8 Å². The van der Waals surface area contributed by atoms with E-state index in [0.717, 1.165) is 17.5 Å². The molecule has 0 spiro atoms. The van der Waals surface area contributed by atoms with Crippen LogP contribution in [0.25, 0.3) is 0 Å². The van der Waals surface area contributed by atoms with E-state index in [1.165, 1.54) is 0 Å². The van der Waals surface area contributed by atoms with Gasteiger partial charge in [0, 0.05) is 0 Å². The lowest BCUT2D eigenvalue weighted by Crippen LogP contribution is -2.53. The van der Waals surface area contributed by atoms with E-state index >= 15 is 0 Å². The van der Waals surface area contributed by atoms with Crippen LogP contribution in [0.2, 0.25) is 33.2 Å². The number of hydrogen-bond donors (Lipinski definition) is 1. The highest BCUT2D eigenvalue weighted by atomic mass is 32.2. The van der Waals surface area contributed by atoms with Gasteiger partial charge < -0.3 is 13.4 Å². The molecule has 0 bridgehead atoms. The molecule has 0 heterocycles. The van der Waals surface area contributed by atoms with Gasteiger partial charge in [0.05, 0.1) is 0 Å². The van der Waals surface area contributed by atoms with E-state index in [-0.39, 0.29) is 16.6 Å². The van der Waals surface area contributed by atoms with Crippen molar-refractivity contribution in [1.82, 2.24) is 0 Å². The van der Waals surface area contributed by atoms with E-state index < -0.39 is 43.5 Å². The molecule has 2 unspecified atom stereocenters. The largest absolute Gasteiger partial charge is 0.522 e. The van der Waals surface area contributed by atoms with Gasteiger partial charge in [-0.3, -0.25) is 0 Å². The summed E-state index contributed by atoms with van der Waals surface area (Å²) in [6.07, 6.45) is 12.6. The van der Waals surface area contributed by atoms with Crippen LogP contribution in [-0.4, -0.2) is 35.7 Å². The molecule has 0 amide bonds. The third-order valence-electron chi connectivity index (χ3n) is 10.3. The summed E-state index contributed by atoms with van der Waals surface area (Å²) in [6, 6.07) is 19.6. The summed E-state index contributed by atoms with van der Waals surface area (Å²) < 4.78 is 71.7. The van der Waals surface area contributed by atoms with Gasteiger partial charge >= 0.3 is 15.6 Å². The monoisotopic (exact) mass is 782 g/mol. The lowest BCUT2D eigenvalue weighted by molar-refractivity contribution is -0.0506. The summed E-state index contributed by atoms with van der Waals surface area (Å²) in [7, 11) is -10.6. The lowest BCUT2D eigenvalue weighted by Gasteiger charge is -2.48. The lowest BCUT2D eigenvalue weighted by atomic mass is 9.92. The van der Waals surface area contributed by atoms with Crippen molar-refractivity contribution in [1.29, 1.82) is 0 Å². The predicted molar refractivity (Wildman–Crippen MR) is 216 cm³/mol. The Labute approximate surface area is 316 Å². The van der Waals surface area contributed by atoms with Gasteiger partial charge in [-0.05, 0) is 57.2 Å². The molecule has 0 saturated heterocycles. The molecule has 11 heteroatoms. The van der Waals surface area contributed by atoms with Crippen molar-refractivity contribution >= 4 is 26.8 Å². The van der Waals surface area contributed by atoms with Crippen LogP contribution in [0.4, 0.5) is 13.2 Å². The SMILES string of the molecule is C#CC(CC)(O[Si](C(C)C)(C(C)C)C(C)C)c1ccccc1.C#CC(O)(CC)c1ccccc1.CC(C)[Si](OS(=O)(=O)C(F)(F)F)(C(C)C)C(C)C. The smallest absolute Gasteiger partial charge is 0.396 e. The second kappa shape index (κ2) is 20.3. The van der Waals surface area contributed by atoms with Gasteiger partial charge in [0.15, 0.2) is 0 Å². The van der Waals surface area contributed by atoms with Crippen LogP contribution in [0.5, 0.6) is 0 Å². The molecule has 2 aromatic rings. The summed E-state index contributed by atoms with van der Waals surface area (Å²) in [5, 5.41) is 9.86. The minimum absolute atomic E-state index is 0.227. The molecule has 1 N–H and O–H groups in total. The first-order valence-corrected chi connectivity index (χ1v) is 24.0. The number of benzene rings is 2. The van der Waals surface area contributed by atoms with E-state index in [2.05, 4.69) is 72.4 Å². The molecular formula is C41H65F3O5SSi2. The van der Waals surface area contributed by atoms with E-state index in [1.807, 2.05) is 55.5 Å². The number of terminal acetylenes is 2. The molecule has 0 fully saturated rings. The topological polar surface area (TPSA) is 72.8 Å². The molecular weight excluding hydrogens is 718 g/mol. The van der Waals surface area contributed by atoms with Crippen LogP contribution in [0.15, 0.2) is 60.7 Å². The summed E-state index contributed by atoms with van der Waals surface area (Å²) in [5.41, 5.74) is -4.27. The van der Waals surface area contributed by atoms with Crippen LogP contribution < -0.4 is 0 Å². The molecule has 0 aliphatic carbocycles. The van der Waals surface area contributed by atoms with Crippen LogP contribution in [0.1, 0.15) is 121 Å². The van der Waals surface area contributed by atoms with Crippen molar-refractivity contribution in [2.45, 2.75) is 160 Å². The van der Waals surface area contributed by atoms with Crippen molar-refractivity contribution in [3.63, 3.8) is 0 Å². The Kier molecular flexibility index (Phi) is 19.4. The van der Waals surface area contributed by atoms with Crippen molar-refractivity contribution in [2.75, 3.05) is 0 Å². The van der Waals surface area contributed by atoms with Gasteiger partial charge in [0.25, 0.3) is 0 Å². The van der Waals surface area contributed by atoms with Crippen LogP contribution in [-0.2, 0) is 29.6 Å². The second-order valence-electron chi connectivity index (χ2n) is 15.1. The van der Waals surface area contributed by atoms with Gasteiger partial charge in [-0.15, -0.1) is 12.8 Å². The maximum Gasteiger partial charge on any atom is 0.522 e. The Morgan fingerprint density at radius 2 is 0.981 bits per heavy atom. The van der Waals surface area contributed by atoms with E-state index in [9.17, 15) is 26.7 Å². The van der Waals surface area contributed by atoms with Crippen LogP contribution in [0, 0.1) is 24.7 Å². The fourth-order valence-electron chi connectivity index (χ4n) is 7.54. The number of halogens is 3. The van der Waals surface area contributed by atoms with Crippen LogP contribution in [0.3, 0.4) is 0 Å². The Morgan fingerprint density at radius 1 is 0.635 bits per heavy atom. The van der Waals surface area contributed by atoms with Crippen LogP contribution >= 0.6 is 0 Å². The average Bonchev–Trinajstić information content (AvgIpc) is 3.07. The zero-order valence-electron chi connectivity index (χ0n) is 33.9. The molecule has 5 nitrogen and oxygen atoms in total. The molecule has 294 valence electrons. The standard InChI is InChI=1S/C20H32OSi.C11H12O.C10H21F3O3SSi/c1-9-20(10-2,19-14-12-11-13-15-19)21-22(16(3)4,17(5)6)18(7)8;1-3-11(12,4-2)10-8-6-5-7-9-10;1-7(2)18(8(3)4,9(5)6)16-17(14,15)10(11,12)13/h1,11-18H,10H2,2-8H3;1,5-9,12H,4H2,2H3;7-9H,1-6H3. The summed E-state index contributed by atoms with van der Waals surface area (Å²) >= 11 is 0. The number of alkyl halides is 3. The Balaban J connectivity index is 0.000000782. The third-order valence-corrected chi connectivity index (χ3v) is 24.4. The molecule has 0 aliphatic rings. The average molecular weight is 783 g/mol. The highest BCUT2D eigenvalue weighted by molar-refractivity contribution is 7.88. The Bertz CT molecular complexity index is 1490. The van der Waals surface area contributed by atoms with Gasteiger partial charge in [0.2, 0.25) is 16.6 Å². The number of rotatable bonds is 14. The second-order valence-corrected chi connectivity index (χ2v) is 27.7. The molecule has 2 atom stereocenters. The molecule has 0 saturated carbocycles. The molecule has 2 rings (SSSR count). The first-order chi connectivity index (χ1) is 23.8. The minimum Gasteiger partial charge on any atom is -0.396 e. The fourth-order valence-corrected chi connectivity index (χ4v) is 21.4. The van der Waals surface area contributed by atoms with E-state index in [4.69, 9.17) is 21.1 Å². The molecule has 0 aromatic heterocycles. The maximum absolute atomic E-state index is 12.5. The first-order valence-electron chi connectivity index (χ1n) is 18.3. The van der Waals surface area contributed by atoms with Gasteiger partial charge in [-0.2, -0.15) is 21.6 Å². The fraction of sp³-hybridized carbons (Fsp3) is 0.610. The number of aliphatic hydroxyl groups is 1. The predicted octanol–water partition coefficient (Wildman–Crippen LogP) is 12.1. The van der Waals surface area contributed by atoms with E-state index in [1.54, 1.807) is 41.5 Å². The molecule has 52 heavy (non-hydrogen) atoms. The third kappa shape index (κ3) is 11.6. The molecule has 2 aromatic carbocycles. The molecule has 0 radical (unpaired) electrons. The van der Waals surface area contributed by atoms with Crippen molar-refractivity contribution < 1.29 is 35.0 Å². The highest BCUT2D eigenvalue weighted by Gasteiger charge is 2.56. The van der Waals surface area contributed by atoms with E-state index in [0.29, 0.717) is 23.0 Å². The zero-order valence-corrected chi connectivity index (χ0v) is 36.7. The maximum atomic E-state index is 12.5. The Hall–Kier alpha value is -2.39. The summed E-state index contributed by atoms with van der Waals surface area (Å²) in [4.78, 5) is 0. The highest BCUT2D eigenvalue weighted by Crippen LogP contribution is 2.48. The quantitative estimate of drug-likeness (QED) is 0.117. The first kappa shape index (κ1) is 49.6. The van der Waals surface area contributed by atoms with Crippen molar-refractivity contribution in [3.8, 4) is 24.7 Å².